The summed E-state index contributed by atoms with van der Waals surface area (Å²) < 4.78 is 11.1. The topological polar surface area (TPSA) is 42.0 Å². The van der Waals surface area contributed by atoms with Crippen molar-refractivity contribution >= 4 is 5.91 Å². The van der Waals surface area contributed by atoms with Crippen molar-refractivity contribution in [2.24, 2.45) is 17.3 Å². The number of ether oxygens (including phenoxy) is 2. The lowest BCUT2D eigenvalue weighted by molar-refractivity contribution is -0.138. The molecule has 0 radical (unpaired) electrons. The molecule has 4 aliphatic rings. The maximum Gasteiger partial charge on any atom is 0.223 e. The van der Waals surface area contributed by atoms with E-state index >= 15 is 0 Å². The summed E-state index contributed by atoms with van der Waals surface area (Å²) in [5.41, 5.74) is 0.0825. The summed E-state index contributed by atoms with van der Waals surface area (Å²) in [6.45, 7) is 7.94. The summed E-state index contributed by atoms with van der Waals surface area (Å²) in [5.74, 6) is 1.77. The van der Waals surface area contributed by atoms with Gasteiger partial charge in [0.2, 0.25) is 5.91 Å². The van der Waals surface area contributed by atoms with Gasteiger partial charge in [0.25, 0.3) is 0 Å². The van der Waals surface area contributed by atoms with Crippen molar-refractivity contribution < 1.29 is 14.3 Å². The first-order valence-electron chi connectivity index (χ1n) is 8.91. The Morgan fingerprint density at radius 2 is 2.00 bits per heavy atom. The Balaban J connectivity index is 1.38. The van der Waals surface area contributed by atoms with Gasteiger partial charge in [0, 0.05) is 50.5 Å². The summed E-state index contributed by atoms with van der Waals surface area (Å²) in [4.78, 5) is 17.3. The zero-order chi connectivity index (χ0) is 15.0. The predicted octanol–water partition coefficient (Wildman–Crippen LogP) is 0.984. The number of morpholine rings is 1. The maximum atomic E-state index is 12.7. The molecule has 4 rings (SSSR count). The molecule has 0 bridgehead atoms. The van der Waals surface area contributed by atoms with E-state index in [2.05, 4.69) is 4.90 Å². The number of nitrogens with zero attached hydrogens (tertiary/aromatic N) is 2. The van der Waals surface area contributed by atoms with Gasteiger partial charge in [-0.2, -0.15) is 0 Å². The first kappa shape index (κ1) is 14.9. The van der Waals surface area contributed by atoms with Crippen molar-refractivity contribution in [2.45, 2.75) is 25.7 Å². The highest BCUT2D eigenvalue weighted by molar-refractivity contribution is 5.77. The van der Waals surface area contributed by atoms with E-state index in [4.69, 9.17) is 9.47 Å². The minimum absolute atomic E-state index is 0.0825. The zero-order valence-electron chi connectivity index (χ0n) is 13.5. The molecular formula is C17H28N2O3. The van der Waals surface area contributed by atoms with E-state index in [1.807, 2.05) is 4.90 Å². The van der Waals surface area contributed by atoms with Crippen LogP contribution >= 0.6 is 0 Å². The van der Waals surface area contributed by atoms with Crippen LogP contribution in [0.15, 0.2) is 0 Å². The summed E-state index contributed by atoms with van der Waals surface area (Å²) in [5, 5.41) is 0. The van der Waals surface area contributed by atoms with Crippen LogP contribution in [-0.4, -0.2) is 74.9 Å². The van der Waals surface area contributed by atoms with Crippen molar-refractivity contribution in [1.82, 2.24) is 9.80 Å². The van der Waals surface area contributed by atoms with Gasteiger partial charge in [-0.25, -0.2) is 0 Å². The van der Waals surface area contributed by atoms with Gasteiger partial charge < -0.3 is 19.3 Å². The van der Waals surface area contributed by atoms with Gasteiger partial charge in [0.15, 0.2) is 0 Å². The molecule has 3 aliphatic heterocycles. The van der Waals surface area contributed by atoms with E-state index in [0.717, 1.165) is 45.3 Å². The average molecular weight is 308 g/mol. The molecule has 22 heavy (non-hydrogen) atoms. The van der Waals surface area contributed by atoms with Crippen LogP contribution in [0.5, 0.6) is 0 Å². The molecule has 3 saturated heterocycles. The maximum absolute atomic E-state index is 12.7. The van der Waals surface area contributed by atoms with Gasteiger partial charge in [-0.15, -0.1) is 0 Å². The lowest BCUT2D eigenvalue weighted by Gasteiger charge is -2.33. The molecule has 4 fully saturated rings. The van der Waals surface area contributed by atoms with Crippen LogP contribution in [0.1, 0.15) is 25.7 Å². The Morgan fingerprint density at radius 1 is 1.18 bits per heavy atom. The van der Waals surface area contributed by atoms with Crippen LogP contribution in [0.2, 0.25) is 0 Å². The lowest BCUT2D eigenvalue weighted by Crippen LogP contribution is -2.44. The molecule has 0 aromatic heterocycles. The normalized spacial score (nSPS) is 36.4. The van der Waals surface area contributed by atoms with E-state index in [0.29, 0.717) is 31.5 Å². The molecule has 0 unspecified atom stereocenters. The molecule has 124 valence electrons. The molecule has 1 aliphatic carbocycles. The Morgan fingerprint density at radius 3 is 2.73 bits per heavy atom. The number of carbonyl (C=O) groups is 1. The molecule has 1 amide bonds. The highest BCUT2D eigenvalue weighted by Crippen LogP contribution is 2.45. The molecule has 0 aromatic carbocycles. The molecule has 5 heteroatoms. The number of hydrogen-bond acceptors (Lipinski definition) is 4. The van der Waals surface area contributed by atoms with Gasteiger partial charge in [0.05, 0.1) is 26.4 Å². The third-order valence-corrected chi connectivity index (χ3v) is 6.20. The Hall–Kier alpha value is -0.650. The molecule has 1 saturated carbocycles. The fourth-order valence-corrected chi connectivity index (χ4v) is 4.60. The third-order valence-electron chi connectivity index (χ3n) is 6.20. The molecule has 3 heterocycles. The van der Waals surface area contributed by atoms with Gasteiger partial charge in [-0.1, -0.05) is 6.42 Å². The first-order chi connectivity index (χ1) is 10.8. The summed E-state index contributed by atoms with van der Waals surface area (Å²) in [6.07, 6.45) is 4.87. The predicted molar refractivity (Wildman–Crippen MR) is 82.5 cm³/mol. The van der Waals surface area contributed by atoms with Gasteiger partial charge in [-0.05, 0) is 18.8 Å². The fourth-order valence-electron chi connectivity index (χ4n) is 4.60. The highest BCUT2D eigenvalue weighted by atomic mass is 16.5. The molecular weight excluding hydrogens is 280 g/mol. The first-order valence-corrected chi connectivity index (χ1v) is 8.91. The third kappa shape index (κ3) is 2.79. The van der Waals surface area contributed by atoms with Crippen molar-refractivity contribution in [2.75, 3.05) is 59.2 Å². The molecule has 2 atom stereocenters. The van der Waals surface area contributed by atoms with Crippen molar-refractivity contribution in [3.8, 4) is 0 Å². The van der Waals surface area contributed by atoms with Gasteiger partial charge >= 0.3 is 0 Å². The summed E-state index contributed by atoms with van der Waals surface area (Å²) in [6, 6.07) is 0. The minimum Gasteiger partial charge on any atom is -0.380 e. The summed E-state index contributed by atoms with van der Waals surface area (Å²) in [7, 11) is 0. The largest absolute Gasteiger partial charge is 0.380 e. The Kier molecular flexibility index (Phi) is 4.13. The number of amides is 1. The highest BCUT2D eigenvalue weighted by Gasteiger charge is 2.52. The molecule has 0 spiro atoms. The Labute approximate surface area is 132 Å². The second-order valence-corrected chi connectivity index (χ2v) is 7.74. The van der Waals surface area contributed by atoms with Crippen LogP contribution in [0.3, 0.4) is 0 Å². The van der Waals surface area contributed by atoms with E-state index in [9.17, 15) is 4.79 Å². The number of hydrogen-bond donors (Lipinski definition) is 0. The second kappa shape index (κ2) is 6.10. The molecule has 5 nitrogen and oxygen atoms in total. The monoisotopic (exact) mass is 308 g/mol. The standard InChI is InChI=1S/C17H28N2O3/c20-16(19-4-6-21-7-5-19)8-17-12-18(9-14-2-1-3-14)10-15(17)11-22-13-17/h14-15H,1-13H2/t15-,17+/m1/s1. The van der Waals surface area contributed by atoms with E-state index < -0.39 is 0 Å². The number of likely N-dealkylation sites (tertiary alicyclic amines) is 1. The molecule has 0 aromatic rings. The number of fused-ring (bicyclic) bond motifs is 1. The average Bonchev–Trinajstić information content (AvgIpc) is 3.00. The van der Waals surface area contributed by atoms with Crippen LogP contribution in [0, 0.1) is 17.3 Å². The van der Waals surface area contributed by atoms with Crippen LogP contribution in [0.25, 0.3) is 0 Å². The minimum atomic E-state index is 0.0825. The lowest BCUT2D eigenvalue weighted by atomic mass is 9.77. The SMILES string of the molecule is O=C(C[C@]12COC[C@H]1CN(CC1CCC1)C2)N1CCOCC1. The van der Waals surface area contributed by atoms with E-state index in [1.54, 1.807) is 0 Å². The molecule has 0 N–H and O–H groups in total. The quantitative estimate of drug-likeness (QED) is 0.776. The van der Waals surface area contributed by atoms with E-state index in [-0.39, 0.29) is 5.41 Å². The smallest absolute Gasteiger partial charge is 0.223 e. The van der Waals surface area contributed by atoms with Crippen molar-refractivity contribution in [3.05, 3.63) is 0 Å². The second-order valence-electron chi connectivity index (χ2n) is 7.74. The number of rotatable bonds is 4. The van der Waals surface area contributed by atoms with Crippen molar-refractivity contribution in [3.63, 3.8) is 0 Å². The van der Waals surface area contributed by atoms with Crippen molar-refractivity contribution in [1.29, 1.82) is 0 Å². The van der Waals surface area contributed by atoms with Gasteiger partial charge in [0.1, 0.15) is 0 Å². The Bertz CT molecular complexity index is 420. The zero-order valence-corrected chi connectivity index (χ0v) is 13.5. The number of carbonyl (C=O) groups excluding carboxylic acids is 1. The van der Waals surface area contributed by atoms with Crippen LogP contribution in [-0.2, 0) is 14.3 Å². The van der Waals surface area contributed by atoms with Crippen LogP contribution in [0.4, 0.5) is 0 Å². The van der Waals surface area contributed by atoms with Crippen LogP contribution < -0.4 is 0 Å². The summed E-state index contributed by atoms with van der Waals surface area (Å²) >= 11 is 0. The van der Waals surface area contributed by atoms with Gasteiger partial charge in [-0.3, -0.25) is 4.79 Å². The fraction of sp³-hybridized carbons (Fsp3) is 0.941. The van der Waals surface area contributed by atoms with E-state index in [1.165, 1.54) is 25.8 Å².